The summed E-state index contributed by atoms with van der Waals surface area (Å²) in [5, 5.41) is 10.1. The van der Waals surface area contributed by atoms with Crippen molar-refractivity contribution in [2.75, 3.05) is 25.2 Å². The Labute approximate surface area is 135 Å². The highest BCUT2D eigenvalue weighted by Gasteiger charge is 2.20. The average Bonchev–Trinajstić information content (AvgIpc) is 2.53. The van der Waals surface area contributed by atoms with Gasteiger partial charge in [-0.2, -0.15) is 0 Å². The molecule has 0 bridgehead atoms. The molecule has 0 aliphatic carbocycles. The summed E-state index contributed by atoms with van der Waals surface area (Å²) in [4.78, 5) is 17.3. The molecule has 1 unspecified atom stereocenters. The normalized spacial score (nSPS) is 12.0. The van der Waals surface area contributed by atoms with E-state index in [9.17, 15) is 9.90 Å². The van der Waals surface area contributed by atoms with E-state index in [1.165, 1.54) is 0 Å². The standard InChI is InChI=1S/C17H22N2O4/c1-5-22-15-9-12-13(10-16(15)23-6-2)18-8-7-14(12)19(4)11(3)17(20)21/h7-11H,5-6H2,1-4H3,(H,20,21). The third-order valence-corrected chi connectivity index (χ3v) is 3.70. The van der Waals surface area contributed by atoms with E-state index in [1.54, 1.807) is 31.1 Å². The molecule has 6 nitrogen and oxygen atoms in total. The number of ether oxygens (including phenoxy) is 2. The molecule has 0 aliphatic rings. The van der Waals surface area contributed by atoms with E-state index < -0.39 is 12.0 Å². The Bertz CT molecular complexity index is 702. The highest BCUT2D eigenvalue weighted by Crippen LogP contribution is 2.36. The number of pyridine rings is 1. The van der Waals surface area contributed by atoms with Crippen molar-refractivity contribution in [3.8, 4) is 11.5 Å². The summed E-state index contributed by atoms with van der Waals surface area (Å²) in [6.45, 7) is 6.51. The van der Waals surface area contributed by atoms with Gasteiger partial charge >= 0.3 is 5.97 Å². The van der Waals surface area contributed by atoms with Gasteiger partial charge in [0.25, 0.3) is 0 Å². The van der Waals surface area contributed by atoms with Crippen LogP contribution in [0.4, 0.5) is 5.69 Å². The monoisotopic (exact) mass is 318 g/mol. The van der Waals surface area contributed by atoms with E-state index in [4.69, 9.17) is 9.47 Å². The predicted octanol–water partition coefficient (Wildman–Crippen LogP) is 2.94. The Morgan fingerprint density at radius 1 is 1.26 bits per heavy atom. The molecular weight excluding hydrogens is 296 g/mol. The van der Waals surface area contributed by atoms with Crippen LogP contribution in [0.3, 0.4) is 0 Å². The number of aliphatic carboxylic acids is 1. The van der Waals surface area contributed by atoms with Crippen molar-refractivity contribution in [3.05, 3.63) is 24.4 Å². The van der Waals surface area contributed by atoms with Crippen LogP contribution in [-0.4, -0.2) is 42.4 Å². The zero-order valence-electron chi connectivity index (χ0n) is 13.9. The highest BCUT2D eigenvalue weighted by molar-refractivity contribution is 5.95. The minimum atomic E-state index is -0.881. The van der Waals surface area contributed by atoms with Gasteiger partial charge < -0.3 is 19.5 Å². The summed E-state index contributed by atoms with van der Waals surface area (Å²) < 4.78 is 11.3. The first kappa shape index (κ1) is 16.9. The SMILES string of the molecule is CCOc1cc2nccc(N(C)C(C)C(=O)O)c2cc1OCC. The molecule has 0 fully saturated rings. The van der Waals surface area contributed by atoms with Crippen LogP contribution in [-0.2, 0) is 4.79 Å². The third-order valence-electron chi connectivity index (χ3n) is 3.70. The predicted molar refractivity (Wildman–Crippen MR) is 89.6 cm³/mol. The minimum absolute atomic E-state index is 0.516. The second-order valence-corrected chi connectivity index (χ2v) is 5.14. The zero-order valence-corrected chi connectivity index (χ0v) is 13.9. The van der Waals surface area contributed by atoms with E-state index in [0.717, 1.165) is 16.6 Å². The van der Waals surface area contributed by atoms with Crippen molar-refractivity contribution in [2.24, 2.45) is 0 Å². The molecule has 0 spiro atoms. The van der Waals surface area contributed by atoms with Crippen LogP contribution in [0.25, 0.3) is 10.9 Å². The van der Waals surface area contributed by atoms with Gasteiger partial charge in [0.1, 0.15) is 6.04 Å². The maximum Gasteiger partial charge on any atom is 0.326 e. The van der Waals surface area contributed by atoms with Gasteiger partial charge in [0.15, 0.2) is 11.5 Å². The summed E-state index contributed by atoms with van der Waals surface area (Å²) in [7, 11) is 1.75. The molecule has 6 heteroatoms. The van der Waals surface area contributed by atoms with Crippen molar-refractivity contribution in [1.29, 1.82) is 0 Å². The maximum absolute atomic E-state index is 11.3. The summed E-state index contributed by atoms with van der Waals surface area (Å²) in [6.07, 6.45) is 1.67. The van der Waals surface area contributed by atoms with E-state index in [-0.39, 0.29) is 0 Å². The molecule has 1 atom stereocenters. The topological polar surface area (TPSA) is 71.9 Å². The van der Waals surface area contributed by atoms with Gasteiger partial charge in [-0.05, 0) is 32.9 Å². The largest absolute Gasteiger partial charge is 0.490 e. The molecule has 23 heavy (non-hydrogen) atoms. The fourth-order valence-corrected chi connectivity index (χ4v) is 2.36. The molecule has 0 saturated carbocycles. The van der Waals surface area contributed by atoms with Crippen molar-refractivity contribution in [3.63, 3.8) is 0 Å². The molecule has 0 amide bonds. The molecule has 0 radical (unpaired) electrons. The summed E-state index contributed by atoms with van der Waals surface area (Å²) >= 11 is 0. The Morgan fingerprint density at radius 2 is 1.87 bits per heavy atom. The number of rotatable bonds is 7. The third kappa shape index (κ3) is 3.47. The fourth-order valence-electron chi connectivity index (χ4n) is 2.36. The Morgan fingerprint density at radius 3 is 2.43 bits per heavy atom. The second-order valence-electron chi connectivity index (χ2n) is 5.14. The van der Waals surface area contributed by atoms with E-state index in [2.05, 4.69) is 4.98 Å². The van der Waals surface area contributed by atoms with Crippen LogP contribution in [0.2, 0.25) is 0 Å². The lowest BCUT2D eigenvalue weighted by Gasteiger charge is -2.25. The molecule has 124 valence electrons. The van der Waals surface area contributed by atoms with Gasteiger partial charge in [-0.3, -0.25) is 4.98 Å². The zero-order chi connectivity index (χ0) is 17.0. The molecule has 1 aromatic heterocycles. The Balaban J connectivity index is 2.59. The van der Waals surface area contributed by atoms with Gasteiger partial charge in [0.05, 0.1) is 18.7 Å². The number of hydrogen-bond acceptors (Lipinski definition) is 5. The summed E-state index contributed by atoms with van der Waals surface area (Å²) in [5.41, 5.74) is 1.52. The van der Waals surface area contributed by atoms with Gasteiger partial charge in [-0.15, -0.1) is 0 Å². The molecule has 1 N–H and O–H groups in total. The molecule has 0 aliphatic heterocycles. The molecular formula is C17H22N2O4. The highest BCUT2D eigenvalue weighted by atomic mass is 16.5. The number of carboxylic acids is 1. The minimum Gasteiger partial charge on any atom is -0.490 e. The quantitative estimate of drug-likeness (QED) is 0.846. The first-order valence-corrected chi connectivity index (χ1v) is 7.63. The first-order valence-electron chi connectivity index (χ1n) is 7.63. The number of carbonyl (C=O) groups is 1. The van der Waals surface area contributed by atoms with Gasteiger partial charge in [0, 0.05) is 30.4 Å². The number of aromatic nitrogens is 1. The van der Waals surface area contributed by atoms with E-state index in [1.807, 2.05) is 26.0 Å². The molecule has 2 rings (SSSR count). The van der Waals surface area contributed by atoms with Crippen LogP contribution in [0.15, 0.2) is 24.4 Å². The van der Waals surface area contributed by atoms with Crippen LogP contribution >= 0.6 is 0 Å². The fraction of sp³-hybridized carbons (Fsp3) is 0.412. The number of fused-ring (bicyclic) bond motifs is 1. The number of carboxylic acid groups (broad SMARTS) is 1. The average molecular weight is 318 g/mol. The second kappa shape index (κ2) is 7.17. The number of hydrogen-bond donors (Lipinski definition) is 1. The summed E-state index contributed by atoms with van der Waals surface area (Å²) in [6, 6.07) is 4.84. The number of benzene rings is 1. The molecule has 1 aromatic carbocycles. The molecule has 0 saturated heterocycles. The lowest BCUT2D eigenvalue weighted by atomic mass is 10.1. The lowest BCUT2D eigenvalue weighted by molar-refractivity contribution is -0.138. The van der Waals surface area contributed by atoms with Gasteiger partial charge in [-0.25, -0.2) is 4.79 Å². The number of likely N-dealkylation sites (N-methyl/N-ethyl adjacent to an activating group) is 1. The number of nitrogens with zero attached hydrogens (tertiary/aromatic N) is 2. The van der Waals surface area contributed by atoms with Crippen LogP contribution in [0.1, 0.15) is 20.8 Å². The maximum atomic E-state index is 11.3. The Kier molecular flexibility index (Phi) is 5.26. The van der Waals surface area contributed by atoms with Crippen molar-refractivity contribution >= 4 is 22.6 Å². The van der Waals surface area contributed by atoms with Crippen LogP contribution in [0, 0.1) is 0 Å². The lowest BCUT2D eigenvalue weighted by Crippen LogP contribution is -2.35. The van der Waals surface area contributed by atoms with Crippen molar-refractivity contribution in [1.82, 2.24) is 4.98 Å². The van der Waals surface area contributed by atoms with Gasteiger partial charge in [-0.1, -0.05) is 0 Å². The molecule has 1 heterocycles. The van der Waals surface area contributed by atoms with Gasteiger partial charge in [0.2, 0.25) is 0 Å². The van der Waals surface area contributed by atoms with Crippen molar-refractivity contribution < 1.29 is 19.4 Å². The van der Waals surface area contributed by atoms with E-state index in [0.29, 0.717) is 24.7 Å². The van der Waals surface area contributed by atoms with Crippen molar-refractivity contribution in [2.45, 2.75) is 26.8 Å². The van der Waals surface area contributed by atoms with Crippen LogP contribution in [0.5, 0.6) is 11.5 Å². The smallest absolute Gasteiger partial charge is 0.326 e. The van der Waals surface area contributed by atoms with E-state index >= 15 is 0 Å². The number of anilines is 1. The first-order chi connectivity index (χ1) is 11.0. The van der Waals surface area contributed by atoms with Crippen LogP contribution < -0.4 is 14.4 Å². The Hall–Kier alpha value is -2.50. The molecule has 2 aromatic rings. The summed E-state index contributed by atoms with van der Waals surface area (Å²) in [5.74, 6) is 0.390.